The Labute approximate surface area is 205 Å². The Balaban J connectivity index is 1.43. The Bertz CT molecular complexity index is 1540. The second-order valence-corrected chi connectivity index (χ2v) is 8.47. The molecule has 0 bridgehead atoms. The summed E-state index contributed by atoms with van der Waals surface area (Å²) in [5.41, 5.74) is 8.28. The SMILES string of the molecule is NC(=O)CNC(=O)c1ccc(-c2cc(=O)c3cc4c(cc3o2)N[C@@H](Cc2ccccc2)C(=O)N4)cc1. The van der Waals surface area contributed by atoms with E-state index in [2.05, 4.69) is 16.0 Å². The number of fused-ring (bicyclic) bond motifs is 2. The maximum absolute atomic E-state index is 12.9. The minimum absolute atomic E-state index is 0.174. The molecule has 1 aromatic heterocycles. The molecule has 1 aliphatic heterocycles. The van der Waals surface area contributed by atoms with Crippen LogP contribution < -0.4 is 27.1 Å². The van der Waals surface area contributed by atoms with Crippen LogP contribution in [0.2, 0.25) is 0 Å². The van der Waals surface area contributed by atoms with E-state index >= 15 is 0 Å². The summed E-state index contributed by atoms with van der Waals surface area (Å²) in [6.07, 6.45) is 0.507. The molecule has 0 radical (unpaired) electrons. The number of primary amides is 1. The molecule has 1 aliphatic rings. The monoisotopic (exact) mass is 482 g/mol. The number of anilines is 2. The summed E-state index contributed by atoms with van der Waals surface area (Å²) < 4.78 is 6.04. The first-order valence-corrected chi connectivity index (χ1v) is 11.3. The lowest BCUT2D eigenvalue weighted by Crippen LogP contribution is -2.40. The number of hydrogen-bond donors (Lipinski definition) is 4. The third-order valence-corrected chi connectivity index (χ3v) is 5.91. The van der Waals surface area contributed by atoms with E-state index in [1.165, 1.54) is 6.07 Å². The fourth-order valence-electron chi connectivity index (χ4n) is 4.09. The Hall–Kier alpha value is -4.92. The van der Waals surface area contributed by atoms with Crippen LogP contribution in [-0.2, 0) is 16.0 Å². The molecule has 0 unspecified atom stereocenters. The van der Waals surface area contributed by atoms with Gasteiger partial charge in [-0.05, 0) is 23.8 Å². The quantitative estimate of drug-likeness (QED) is 0.333. The predicted molar refractivity (Wildman–Crippen MR) is 136 cm³/mol. The van der Waals surface area contributed by atoms with Crippen LogP contribution in [0.4, 0.5) is 11.4 Å². The van der Waals surface area contributed by atoms with Gasteiger partial charge in [-0.2, -0.15) is 0 Å². The van der Waals surface area contributed by atoms with Crippen molar-refractivity contribution in [3.63, 3.8) is 0 Å². The van der Waals surface area contributed by atoms with Crippen LogP contribution >= 0.6 is 0 Å². The lowest BCUT2D eigenvalue weighted by Gasteiger charge is -2.27. The molecule has 3 amide bonds. The Kier molecular flexibility index (Phi) is 5.95. The third kappa shape index (κ3) is 4.67. The highest BCUT2D eigenvalue weighted by atomic mass is 16.3. The van der Waals surface area contributed by atoms with Gasteiger partial charge in [-0.1, -0.05) is 42.5 Å². The second-order valence-electron chi connectivity index (χ2n) is 8.47. The predicted octanol–water partition coefficient (Wildman–Crippen LogP) is 2.65. The average Bonchev–Trinajstić information content (AvgIpc) is 2.87. The molecule has 3 aromatic carbocycles. The van der Waals surface area contributed by atoms with E-state index in [4.69, 9.17) is 10.2 Å². The van der Waals surface area contributed by atoms with Crippen molar-refractivity contribution >= 4 is 40.1 Å². The molecular formula is C27H22N4O5. The standard InChI is InChI=1S/C27H22N4O5/c28-25(33)14-29-26(34)17-8-6-16(7-9-17)23-13-22(32)18-11-19-20(12-24(18)36-23)30-21(27(35)31-19)10-15-4-2-1-3-5-15/h1-9,11-13,21,30H,10,14H2,(H2,28,33)(H,29,34)(H,31,35)/t21-/m0/s1. The van der Waals surface area contributed by atoms with Crippen molar-refractivity contribution in [1.82, 2.24) is 5.32 Å². The van der Waals surface area contributed by atoms with Gasteiger partial charge in [-0.25, -0.2) is 0 Å². The smallest absolute Gasteiger partial charge is 0.251 e. The molecule has 36 heavy (non-hydrogen) atoms. The van der Waals surface area contributed by atoms with E-state index in [9.17, 15) is 19.2 Å². The summed E-state index contributed by atoms with van der Waals surface area (Å²) in [5, 5.41) is 8.89. The van der Waals surface area contributed by atoms with Gasteiger partial charge >= 0.3 is 0 Å². The van der Waals surface area contributed by atoms with Crippen molar-refractivity contribution < 1.29 is 18.8 Å². The zero-order valence-corrected chi connectivity index (χ0v) is 19.0. The first-order valence-electron chi connectivity index (χ1n) is 11.3. The van der Waals surface area contributed by atoms with Gasteiger partial charge in [0.1, 0.15) is 17.4 Å². The molecular weight excluding hydrogens is 460 g/mol. The minimum Gasteiger partial charge on any atom is -0.456 e. The van der Waals surface area contributed by atoms with E-state index < -0.39 is 17.9 Å². The number of nitrogens with one attached hydrogen (secondary N) is 3. The molecule has 4 aromatic rings. The van der Waals surface area contributed by atoms with Crippen molar-refractivity contribution in [2.75, 3.05) is 17.2 Å². The van der Waals surface area contributed by atoms with Gasteiger partial charge in [0.25, 0.3) is 5.91 Å². The molecule has 9 nitrogen and oxygen atoms in total. The van der Waals surface area contributed by atoms with Gasteiger partial charge in [-0.15, -0.1) is 0 Å². The number of nitrogens with two attached hydrogens (primary N) is 1. The van der Waals surface area contributed by atoms with Crippen molar-refractivity contribution in [3.05, 3.63) is 94.1 Å². The lowest BCUT2D eigenvalue weighted by molar-refractivity contribution is -0.117. The second kappa shape index (κ2) is 9.38. The van der Waals surface area contributed by atoms with E-state index in [1.807, 2.05) is 30.3 Å². The molecule has 0 fully saturated rings. The summed E-state index contributed by atoms with van der Waals surface area (Å²) in [6.45, 7) is -0.259. The maximum atomic E-state index is 12.9. The van der Waals surface area contributed by atoms with Crippen molar-refractivity contribution in [2.45, 2.75) is 12.5 Å². The van der Waals surface area contributed by atoms with Crippen LogP contribution in [0.5, 0.6) is 0 Å². The summed E-state index contributed by atoms with van der Waals surface area (Å²) in [6, 6.07) is 20.3. The lowest BCUT2D eigenvalue weighted by atomic mass is 10.0. The molecule has 1 atom stereocenters. The number of benzene rings is 3. The highest BCUT2D eigenvalue weighted by molar-refractivity contribution is 6.06. The molecule has 0 saturated heterocycles. The Morgan fingerprint density at radius 1 is 0.944 bits per heavy atom. The van der Waals surface area contributed by atoms with Gasteiger partial charge in [0, 0.05) is 29.7 Å². The Morgan fingerprint density at radius 2 is 1.69 bits per heavy atom. The van der Waals surface area contributed by atoms with Crippen LogP contribution in [0.15, 0.2) is 82.0 Å². The molecule has 2 heterocycles. The highest BCUT2D eigenvalue weighted by Gasteiger charge is 2.26. The molecule has 5 N–H and O–H groups in total. The van der Waals surface area contributed by atoms with Crippen molar-refractivity contribution in [2.24, 2.45) is 5.73 Å². The van der Waals surface area contributed by atoms with Crippen LogP contribution in [0.25, 0.3) is 22.3 Å². The number of hydrogen-bond acceptors (Lipinski definition) is 6. The maximum Gasteiger partial charge on any atom is 0.251 e. The molecule has 9 heteroatoms. The van der Waals surface area contributed by atoms with Gasteiger partial charge in [-0.3, -0.25) is 19.2 Å². The van der Waals surface area contributed by atoms with Crippen molar-refractivity contribution in [3.8, 4) is 11.3 Å². The number of carbonyl (C=O) groups excluding carboxylic acids is 3. The summed E-state index contributed by atoms with van der Waals surface area (Å²) >= 11 is 0. The summed E-state index contributed by atoms with van der Waals surface area (Å²) in [7, 11) is 0. The van der Waals surface area contributed by atoms with E-state index in [0.717, 1.165) is 5.56 Å². The molecule has 5 rings (SSSR count). The van der Waals surface area contributed by atoms with Gasteiger partial charge in [0.2, 0.25) is 11.8 Å². The molecule has 0 saturated carbocycles. The van der Waals surface area contributed by atoms with Crippen LogP contribution in [-0.4, -0.2) is 30.3 Å². The van der Waals surface area contributed by atoms with Crippen molar-refractivity contribution in [1.29, 1.82) is 0 Å². The zero-order chi connectivity index (χ0) is 25.2. The molecule has 180 valence electrons. The fourth-order valence-corrected chi connectivity index (χ4v) is 4.09. The van der Waals surface area contributed by atoms with E-state index in [1.54, 1.807) is 36.4 Å². The van der Waals surface area contributed by atoms with E-state index in [0.29, 0.717) is 45.7 Å². The average molecular weight is 482 g/mol. The number of amides is 3. The number of rotatable bonds is 6. The first kappa shape index (κ1) is 22.9. The third-order valence-electron chi connectivity index (χ3n) is 5.91. The first-order chi connectivity index (χ1) is 17.4. The van der Waals surface area contributed by atoms with E-state index in [-0.39, 0.29) is 17.9 Å². The fraction of sp³-hybridized carbons (Fsp3) is 0.111. The van der Waals surface area contributed by atoms with Gasteiger partial charge < -0.3 is 26.1 Å². The summed E-state index contributed by atoms with van der Waals surface area (Å²) in [4.78, 5) is 48.5. The van der Waals surface area contributed by atoms with Crippen LogP contribution in [0, 0.1) is 0 Å². The normalized spacial score (nSPS) is 14.4. The van der Waals surface area contributed by atoms with Gasteiger partial charge in [0.15, 0.2) is 5.43 Å². The largest absolute Gasteiger partial charge is 0.456 e. The Morgan fingerprint density at radius 3 is 2.42 bits per heavy atom. The highest BCUT2D eigenvalue weighted by Crippen LogP contribution is 2.33. The van der Waals surface area contributed by atoms with Crippen LogP contribution in [0.3, 0.4) is 0 Å². The topological polar surface area (TPSA) is 144 Å². The minimum atomic E-state index is -0.638. The van der Waals surface area contributed by atoms with Gasteiger partial charge in [0.05, 0.1) is 23.3 Å². The number of carbonyl (C=O) groups is 3. The van der Waals surface area contributed by atoms with Crippen LogP contribution in [0.1, 0.15) is 15.9 Å². The zero-order valence-electron chi connectivity index (χ0n) is 19.0. The summed E-state index contributed by atoms with van der Waals surface area (Å²) in [5.74, 6) is -0.922. The molecule has 0 spiro atoms. The molecule has 0 aliphatic carbocycles.